The van der Waals surface area contributed by atoms with E-state index in [-0.39, 0.29) is 25.4 Å². The first-order valence-corrected chi connectivity index (χ1v) is 3.60. The van der Waals surface area contributed by atoms with E-state index in [1.807, 2.05) is 20.9 Å². The summed E-state index contributed by atoms with van der Waals surface area (Å²) >= 11 is 0. The Balaban J connectivity index is 0.000001000. The van der Waals surface area contributed by atoms with Gasteiger partial charge in [-0.15, -0.1) is 0 Å². The van der Waals surface area contributed by atoms with Crippen LogP contribution in [0, 0.1) is 0 Å². The van der Waals surface area contributed by atoms with Crippen LogP contribution in [0.4, 0.5) is 0 Å². The second-order valence-corrected chi connectivity index (χ2v) is 3.01. The Morgan fingerprint density at radius 2 is 2.18 bits per heavy atom. The smallest absolute Gasteiger partial charge is 0.163 e. The van der Waals surface area contributed by atoms with E-state index in [1.54, 1.807) is 0 Å². The molecule has 1 rings (SSSR count). The lowest BCUT2D eigenvalue weighted by Crippen LogP contribution is -2.28. The van der Waals surface area contributed by atoms with Gasteiger partial charge < -0.3 is 14.8 Å². The summed E-state index contributed by atoms with van der Waals surface area (Å²) in [6.45, 7) is 5.43. The highest BCUT2D eigenvalue weighted by Gasteiger charge is 2.31. The fraction of sp³-hybridized carbons (Fsp3) is 1.00. The van der Waals surface area contributed by atoms with E-state index in [9.17, 15) is 0 Å². The van der Waals surface area contributed by atoms with Gasteiger partial charge in [-0.05, 0) is 20.9 Å². The SMILES string of the molecule is CNC[C@H]1COC(C)(C)O1.S. The number of ether oxygens (including phenoxy) is 2. The molecule has 0 aliphatic carbocycles. The fourth-order valence-corrected chi connectivity index (χ4v) is 1.09. The fourth-order valence-electron chi connectivity index (χ4n) is 1.09. The molecule has 0 aromatic carbocycles. The van der Waals surface area contributed by atoms with Gasteiger partial charge in [0.2, 0.25) is 0 Å². The molecule has 1 saturated heterocycles. The zero-order valence-electron chi connectivity index (χ0n) is 7.31. The Kier molecular flexibility index (Phi) is 4.39. The molecule has 0 amide bonds. The summed E-state index contributed by atoms with van der Waals surface area (Å²) in [7, 11) is 1.91. The van der Waals surface area contributed by atoms with Gasteiger partial charge in [0.1, 0.15) is 0 Å². The third kappa shape index (κ3) is 3.42. The molecule has 0 saturated carbocycles. The zero-order valence-corrected chi connectivity index (χ0v) is 8.31. The Morgan fingerprint density at radius 3 is 2.55 bits per heavy atom. The standard InChI is InChI=1S/C7H15NO2.H2S/c1-7(2)9-5-6(10-7)4-8-3;/h6,8H,4-5H2,1-3H3;1H2/t6-;/m0./s1. The number of likely N-dealkylation sites (N-methyl/N-ethyl adjacent to an activating group) is 1. The van der Waals surface area contributed by atoms with Crippen molar-refractivity contribution in [2.45, 2.75) is 25.7 Å². The molecule has 11 heavy (non-hydrogen) atoms. The molecule has 1 aliphatic heterocycles. The minimum absolute atomic E-state index is 0. The summed E-state index contributed by atoms with van der Waals surface area (Å²) in [5.41, 5.74) is 0. The zero-order chi connectivity index (χ0) is 7.61. The van der Waals surface area contributed by atoms with Crippen molar-refractivity contribution in [2.24, 2.45) is 0 Å². The van der Waals surface area contributed by atoms with Gasteiger partial charge in [-0.25, -0.2) is 0 Å². The Hall–Kier alpha value is 0.230. The van der Waals surface area contributed by atoms with Crippen molar-refractivity contribution in [1.29, 1.82) is 0 Å². The van der Waals surface area contributed by atoms with E-state index in [2.05, 4.69) is 5.32 Å². The van der Waals surface area contributed by atoms with Gasteiger partial charge in [-0.1, -0.05) is 0 Å². The van der Waals surface area contributed by atoms with Gasteiger partial charge in [-0.3, -0.25) is 0 Å². The molecule has 1 heterocycles. The van der Waals surface area contributed by atoms with Crippen molar-refractivity contribution >= 4 is 13.5 Å². The first-order valence-electron chi connectivity index (χ1n) is 3.60. The maximum atomic E-state index is 5.50. The Bertz CT molecular complexity index is 119. The molecule has 0 bridgehead atoms. The van der Waals surface area contributed by atoms with Crippen LogP contribution in [0.15, 0.2) is 0 Å². The summed E-state index contributed by atoms with van der Waals surface area (Å²) in [5, 5.41) is 3.04. The van der Waals surface area contributed by atoms with Crippen molar-refractivity contribution in [2.75, 3.05) is 20.2 Å². The molecule has 1 fully saturated rings. The van der Waals surface area contributed by atoms with E-state index >= 15 is 0 Å². The first-order chi connectivity index (χ1) is 4.64. The summed E-state index contributed by atoms with van der Waals surface area (Å²) in [4.78, 5) is 0. The third-order valence-corrected chi connectivity index (χ3v) is 1.50. The van der Waals surface area contributed by atoms with Gasteiger partial charge in [0.05, 0.1) is 12.7 Å². The molecule has 0 aromatic rings. The first kappa shape index (κ1) is 11.2. The highest BCUT2D eigenvalue weighted by Crippen LogP contribution is 2.21. The Morgan fingerprint density at radius 1 is 1.55 bits per heavy atom. The van der Waals surface area contributed by atoms with Crippen molar-refractivity contribution in [3.63, 3.8) is 0 Å². The van der Waals surface area contributed by atoms with Crippen LogP contribution < -0.4 is 5.32 Å². The van der Waals surface area contributed by atoms with Crippen molar-refractivity contribution in [1.82, 2.24) is 5.32 Å². The van der Waals surface area contributed by atoms with E-state index in [4.69, 9.17) is 9.47 Å². The molecule has 3 nitrogen and oxygen atoms in total. The topological polar surface area (TPSA) is 30.5 Å². The Labute approximate surface area is 74.9 Å². The molecule has 0 aromatic heterocycles. The summed E-state index contributed by atoms with van der Waals surface area (Å²) in [5.74, 6) is -0.373. The van der Waals surface area contributed by atoms with Gasteiger partial charge >= 0.3 is 0 Å². The van der Waals surface area contributed by atoms with E-state index in [1.165, 1.54) is 0 Å². The lowest BCUT2D eigenvalue weighted by Gasteiger charge is -2.16. The lowest BCUT2D eigenvalue weighted by molar-refractivity contribution is -0.137. The number of hydrogen-bond donors (Lipinski definition) is 1. The maximum absolute atomic E-state index is 5.50. The molecule has 1 N–H and O–H groups in total. The predicted octanol–water partition coefficient (Wildman–Crippen LogP) is 0.470. The summed E-state index contributed by atoms with van der Waals surface area (Å²) in [6.07, 6.45) is 0.222. The molecule has 1 aliphatic rings. The summed E-state index contributed by atoms with van der Waals surface area (Å²) in [6, 6.07) is 0. The largest absolute Gasteiger partial charge is 0.348 e. The van der Waals surface area contributed by atoms with Crippen LogP contribution in [0.2, 0.25) is 0 Å². The van der Waals surface area contributed by atoms with Crippen LogP contribution >= 0.6 is 13.5 Å². The third-order valence-electron chi connectivity index (χ3n) is 1.50. The van der Waals surface area contributed by atoms with Crippen LogP contribution in [0.1, 0.15) is 13.8 Å². The normalized spacial score (nSPS) is 28.1. The highest BCUT2D eigenvalue weighted by molar-refractivity contribution is 7.59. The van der Waals surface area contributed by atoms with Crippen molar-refractivity contribution in [3.8, 4) is 0 Å². The molecule has 1 atom stereocenters. The van der Waals surface area contributed by atoms with Crippen molar-refractivity contribution in [3.05, 3.63) is 0 Å². The van der Waals surface area contributed by atoms with Crippen LogP contribution in [0.3, 0.4) is 0 Å². The van der Waals surface area contributed by atoms with Crippen LogP contribution in [0.5, 0.6) is 0 Å². The summed E-state index contributed by atoms with van der Waals surface area (Å²) < 4.78 is 10.8. The monoisotopic (exact) mass is 179 g/mol. The second-order valence-electron chi connectivity index (χ2n) is 3.01. The lowest BCUT2D eigenvalue weighted by atomic mass is 10.4. The minimum Gasteiger partial charge on any atom is -0.348 e. The van der Waals surface area contributed by atoms with Crippen molar-refractivity contribution < 1.29 is 9.47 Å². The van der Waals surface area contributed by atoms with E-state index in [0.717, 1.165) is 6.54 Å². The van der Waals surface area contributed by atoms with Gasteiger partial charge in [0.25, 0.3) is 0 Å². The molecule has 0 radical (unpaired) electrons. The number of hydrogen-bond acceptors (Lipinski definition) is 3. The van der Waals surface area contributed by atoms with Gasteiger partial charge in [0.15, 0.2) is 5.79 Å². The number of rotatable bonds is 2. The molecule has 0 unspecified atom stereocenters. The molecule has 68 valence electrons. The van der Waals surface area contributed by atoms with Crippen LogP contribution in [0.25, 0.3) is 0 Å². The van der Waals surface area contributed by atoms with Gasteiger partial charge in [-0.2, -0.15) is 13.5 Å². The number of nitrogens with one attached hydrogen (secondary N) is 1. The second kappa shape index (κ2) is 4.30. The maximum Gasteiger partial charge on any atom is 0.163 e. The van der Waals surface area contributed by atoms with Crippen LogP contribution in [-0.2, 0) is 9.47 Å². The molecular weight excluding hydrogens is 162 g/mol. The van der Waals surface area contributed by atoms with Gasteiger partial charge in [0, 0.05) is 6.54 Å². The minimum atomic E-state index is -0.373. The highest BCUT2D eigenvalue weighted by atomic mass is 32.1. The molecular formula is C7H17NO2S. The quantitative estimate of drug-likeness (QED) is 0.668. The van der Waals surface area contributed by atoms with Crippen LogP contribution in [-0.4, -0.2) is 32.1 Å². The van der Waals surface area contributed by atoms with E-state index in [0.29, 0.717) is 6.61 Å². The molecule has 0 spiro atoms. The molecule has 4 heteroatoms. The average Bonchev–Trinajstić information content (AvgIpc) is 2.12. The average molecular weight is 179 g/mol. The van der Waals surface area contributed by atoms with E-state index < -0.39 is 0 Å². The predicted molar refractivity (Wildman–Crippen MR) is 49.2 cm³/mol.